The van der Waals surface area contributed by atoms with Crippen LogP contribution in [0.15, 0.2) is 12.4 Å². The van der Waals surface area contributed by atoms with Gasteiger partial charge in [-0.05, 0) is 44.9 Å². The van der Waals surface area contributed by atoms with Crippen LogP contribution in [-0.4, -0.2) is 85.7 Å². The standard InChI is InChI=1S/C21H32FN5O5S/c1-13-7-17(25-33(29,30)26(2)3)18(27(13)20(28)31-4)12-32-16-5-6-21(9-14(21)8-16)19-23-10-15(22)11-24-19/h10-11,13-14,16-18,25H,5-9,12H2,1-4H3/t13-,14?,16?,17+,18+,21?/m1/s1. The van der Waals surface area contributed by atoms with E-state index >= 15 is 0 Å². The lowest BCUT2D eigenvalue weighted by molar-refractivity contribution is -0.0103. The summed E-state index contributed by atoms with van der Waals surface area (Å²) in [7, 11) is 0.557. The molecular weight excluding hydrogens is 453 g/mol. The molecule has 1 saturated heterocycles. The molecule has 3 unspecified atom stereocenters. The molecule has 6 atom stereocenters. The van der Waals surface area contributed by atoms with E-state index < -0.39 is 34.2 Å². The van der Waals surface area contributed by atoms with Gasteiger partial charge in [-0.1, -0.05) is 0 Å². The number of likely N-dealkylation sites (tertiary alicyclic amines) is 1. The first-order chi connectivity index (χ1) is 15.6. The van der Waals surface area contributed by atoms with Crippen LogP contribution in [0.1, 0.15) is 44.9 Å². The summed E-state index contributed by atoms with van der Waals surface area (Å²) in [6.07, 6.45) is 5.83. The van der Waals surface area contributed by atoms with E-state index in [0.717, 1.165) is 30.0 Å². The molecule has 0 bridgehead atoms. The van der Waals surface area contributed by atoms with Crippen LogP contribution in [0.5, 0.6) is 0 Å². The summed E-state index contributed by atoms with van der Waals surface area (Å²) < 4.78 is 53.1. The molecule has 1 aliphatic heterocycles. The molecule has 1 N–H and O–H groups in total. The maximum atomic E-state index is 13.2. The van der Waals surface area contributed by atoms with E-state index in [0.29, 0.717) is 18.2 Å². The third-order valence-corrected chi connectivity index (χ3v) is 8.88. The molecule has 3 aliphatic rings. The molecule has 0 spiro atoms. The fourth-order valence-electron chi connectivity index (χ4n) is 5.39. The predicted octanol–water partition coefficient (Wildman–Crippen LogP) is 1.44. The van der Waals surface area contributed by atoms with E-state index in [9.17, 15) is 17.6 Å². The van der Waals surface area contributed by atoms with Gasteiger partial charge in [-0.25, -0.2) is 19.2 Å². The Kier molecular flexibility index (Phi) is 6.64. The van der Waals surface area contributed by atoms with Crippen LogP contribution < -0.4 is 4.72 Å². The highest BCUT2D eigenvalue weighted by molar-refractivity contribution is 7.87. The lowest BCUT2D eigenvalue weighted by Gasteiger charge is -2.33. The van der Waals surface area contributed by atoms with Crippen molar-refractivity contribution in [3.63, 3.8) is 0 Å². The number of methoxy groups -OCH3 is 1. The predicted molar refractivity (Wildman–Crippen MR) is 117 cm³/mol. The largest absolute Gasteiger partial charge is 0.453 e. The number of halogens is 1. The minimum absolute atomic E-state index is 0.00687. The summed E-state index contributed by atoms with van der Waals surface area (Å²) >= 11 is 0. The zero-order valence-electron chi connectivity index (χ0n) is 19.4. The van der Waals surface area contributed by atoms with Crippen LogP contribution in [0.2, 0.25) is 0 Å². The molecular formula is C21H32FN5O5S. The fraction of sp³-hybridized carbons (Fsp3) is 0.762. The van der Waals surface area contributed by atoms with E-state index in [1.54, 1.807) is 4.90 Å². The van der Waals surface area contributed by atoms with Gasteiger partial charge in [-0.15, -0.1) is 0 Å². The van der Waals surface area contributed by atoms with Gasteiger partial charge in [0.25, 0.3) is 10.2 Å². The number of aromatic nitrogens is 2. The zero-order valence-corrected chi connectivity index (χ0v) is 20.2. The van der Waals surface area contributed by atoms with E-state index in [1.807, 2.05) is 6.92 Å². The van der Waals surface area contributed by atoms with Crippen LogP contribution in [0.4, 0.5) is 9.18 Å². The second kappa shape index (κ2) is 9.05. The molecule has 2 saturated carbocycles. The average molecular weight is 486 g/mol. The zero-order chi connectivity index (χ0) is 24.0. The third-order valence-electron chi connectivity index (χ3n) is 7.32. The normalized spacial score (nSPS) is 33.8. The van der Waals surface area contributed by atoms with Gasteiger partial charge in [0, 0.05) is 31.6 Å². The summed E-state index contributed by atoms with van der Waals surface area (Å²) in [4.78, 5) is 22.4. The van der Waals surface area contributed by atoms with E-state index in [-0.39, 0.29) is 24.2 Å². The number of hydrogen-bond donors (Lipinski definition) is 1. The Labute approximate surface area is 194 Å². The highest BCUT2D eigenvalue weighted by atomic mass is 32.2. The smallest absolute Gasteiger partial charge is 0.410 e. The Balaban J connectivity index is 1.41. The van der Waals surface area contributed by atoms with Gasteiger partial charge < -0.3 is 9.47 Å². The topological polar surface area (TPSA) is 114 Å². The maximum Gasteiger partial charge on any atom is 0.410 e. The Morgan fingerprint density at radius 3 is 2.64 bits per heavy atom. The monoisotopic (exact) mass is 485 g/mol. The van der Waals surface area contributed by atoms with Crippen molar-refractivity contribution in [3.8, 4) is 0 Å². The first-order valence-electron chi connectivity index (χ1n) is 11.2. The molecule has 2 heterocycles. The van der Waals surface area contributed by atoms with Gasteiger partial charge in [0.15, 0.2) is 5.82 Å². The number of hydrogen-bond acceptors (Lipinski definition) is 7. The second-order valence-corrected chi connectivity index (χ2v) is 11.5. The third kappa shape index (κ3) is 4.71. The number of nitrogens with one attached hydrogen (secondary N) is 1. The van der Waals surface area contributed by atoms with Crippen molar-refractivity contribution in [1.82, 2.24) is 23.9 Å². The van der Waals surface area contributed by atoms with Gasteiger partial charge in [0.2, 0.25) is 0 Å². The van der Waals surface area contributed by atoms with Gasteiger partial charge in [-0.3, -0.25) is 4.90 Å². The Morgan fingerprint density at radius 1 is 1.33 bits per heavy atom. The van der Waals surface area contributed by atoms with Crippen molar-refractivity contribution in [2.24, 2.45) is 5.92 Å². The van der Waals surface area contributed by atoms with E-state index in [2.05, 4.69) is 14.7 Å². The number of carbonyl (C=O) groups excluding carboxylic acids is 1. The van der Waals surface area contributed by atoms with Gasteiger partial charge >= 0.3 is 6.09 Å². The second-order valence-electron chi connectivity index (χ2n) is 9.55. The highest BCUT2D eigenvalue weighted by Crippen LogP contribution is 2.61. The Morgan fingerprint density at radius 2 is 2.03 bits per heavy atom. The number of amides is 1. The molecule has 12 heteroatoms. The van der Waals surface area contributed by atoms with Crippen molar-refractivity contribution in [2.75, 3.05) is 27.8 Å². The lowest BCUT2D eigenvalue weighted by Crippen LogP contribution is -2.52. The Hall–Kier alpha value is -1.89. The highest BCUT2D eigenvalue weighted by Gasteiger charge is 2.60. The maximum absolute atomic E-state index is 13.2. The molecule has 2 aliphatic carbocycles. The van der Waals surface area contributed by atoms with Gasteiger partial charge in [0.1, 0.15) is 5.82 Å². The minimum Gasteiger partial charge on any atom is -0.453 e. The van der Waals surface area contributed by atoms with E-state index in [4.69, 9.17) is 9.47 Å². The van der Waals surface area contributed by atoms with Crippen molar-refractivity contribution < 1.29 is 27.1 Å². The lowest BCUT2D eigenvalue weighted by atomic mass is 9.86. The molecule has 184 valence electrons. The quantitative estimate of drug-likeness (QED) is 0.622. The van der Waals surface area contributed by atoms with Crippen LogP contribution in [-0.2, 0) is 25.1 Å². The van der Waals surface area contributed by atoms with Crippen molar-refractivity contribution in [3.05, 3.63) is 24.0 Å². The molecule has 0 aromatic carbocycles. The summed E-state index contributed by atoms with van der Waals surface area (Å²) in [5.74, 6) is 0.640. The average Bonchev–Trinajstić information content (AvgIpc) is 3.42. The number of ether oxygens (including phenoxy) is 2. The molecule has 3 fully saturated rings. The first-order valence-corrected chi connectivity index (χ1v) is 12.7. The summed E-state index contributed by atoms with van der Waals surface area (Å²) in [5.41, 5.74) is -0.0859. The minimum atomic E-state index is -3.67. The van der Waals surface area contributed by atoms with Crippen molar-refractivity contribution in [2.45, 2.75) is 68.7 Å². The Bertz CT molecular complexity index is 978. The number of nitrogens with zero attached hydrogens (tertiary/aromatic N) is 4. The van der Waals surface area contributed by atoms with Gasteiger partial charge in [0.05, 0.1) is 38.3 Å². The SMILES string of the molecule is COC(=O)N1[C@H](C)C[C@H](NS(=O)(=O)N(C)C)[C@@H]1COC1CCC2(c3ncc(F)cn3)CC2C1. The molecule has 1 aromatic rings. The van der Waals surface area contributed by atoms with Crippen molar-refractivity contribution >= 4 is 16.3 Å². The van der Waals surface area contributed by atoms with Crippen molar-refractivity contribution in [1.29, 1.82) is 0 Å². The molecule has 33 heavy (non-hydrogen) atoms. The number of carbonyl (C=O) groups is 1. The van der Waals surface area contributed by atoms with Crippen LogP contribution >= 0.6 is 0 Å². The summed E-state index contributed by atoms with van der Waals surface area (Å²) in [6.45, 7) is 2.08. The number of fused-ring (bicyclic) bond motifs is 1. The van der Waals surface area contributed by atoms with E-state index in [1.165, 1.54) is 33.6 Å². The van der Waals surface area contributed by atoms with Crippen LogP contribution in [0, 0.1) is 11.7 Å². The van der Waals surface area contributed by atoms with Gasteiger partial charge in [-0.2, -0.15) is 17.4 Å². The molecule has 4 rings (SSSR count). The molecule has 1 aromatic heterocycles. The molecule has 1 amide bonds. The number of rotatable bonds is 7. The summed E-state index contributed by atoms with van der Waals surface area (Å²) in [6, 6.07) is -1.16. The summed E-state index contributed by atoms with van der Waals surface area (Å²) in [5, 5.41) is 0. The molecule has 10 nitrogen and oxygen atoms in total. The fourth-order valence-corrected chi connectivity index (χ4v) is 6.24. The van der Waals surface area contributed by atoms with Crippen LogP contribution in [0.25, 0.3) is 0 Å². The van der Waals surface area contributed by atoms with Crippen LogP contribution in [0.3, 0.4) is 0 Å². The first kappa shape index (κ1) is 24.2. The molecule has 0 radical (unpaired) electrons.